The van der Waals surface area contributed by atoms with Gasteiger partial charge in [0.2, 0.25) is 27.6 Å². The Bertz CT molecular complexity index is 1100. The van der Waals surface area contributed by atoms with E-state index in [2.05, 4.69) is 15.5 Å². The van der Waals surface area contributed by atoms with Crippen LogP contribution in [0.2, 0.25) is 0 Å². The zero-order valence-electron chi connectivity index (χ0n) is 17.1. The van der Waals surface area contributed by atoms with E-state index in [0.717, 1.165) is 21.7 Å². The number of amides is 1. The van der Waals surface area contributed by atoms with E-state index >= 15 is 0 Å². The van der Waals surface area contributed by atoms with Crippen molar-refractivity contribution in [3.05, 3.63) is 66.1 Å². The molecule has 3 rings (SSSR count). The second kappa shape index (κ2) is 9.08. The van der Waals surface area contributed by atoms with Gasteiger partial charge in [-0.15, -0.1) is 0 Å². The zero-order valence-corrected chi connectivity index (χ0v) is 17.9. The molecular formula is C21H24N4O4S. The average Bonchev–Trinajstić information content (AvgIpc) is 3.20. The van der Waals surface area contributed by atoms with Crippen molar-refractivity contribution in [3.8, 4) is 11.4 Å². The fourth-order valence-electron chi connectivity index (χ4n) is 3.06. The van der Waals surface area contributed by atoms with Crippen LogP contribution in [0, 0.1) is 6.92 Å². The molecule has 1 heterocycles. The van der Waals surface area contributed by atoms with Gasteiger partial charge in [0, 0.05) is 5.56 Å². The lowest BCUT2D eigenvalue weighted by atomic mass is 10.1. The zero-order chi connectivity index (χ0) is 21.7. The smallest absolute Gasteiger partial charge is 0.246 e. The number of benzene rings is 2. The van der Waals surface area contributed by atoms with Crippen molar-refractivity contribution in [1.82, 2.24) is 15.5 Å². The Morgan fingerprint density at radius 2 is 1.80 bits per heavy atom. The van der Waals surface area contributed by atoms with Crippen LogP contribution in [0.5, 0.6) is 0 Å². The van der Waals surface area contributed by atoms with Crippen LogP contribution in [-0.2, 0) is 21.4 Å². The van der Waals surface area contributed by atoms with Gasteiger partial charge in [0.25, 0.3) is 0 Å². The first-order chi connectivity index (χ1) is 14.3. The van der Waals surface area contributed by atoms with E-state index in [1.807, 2.05) is 49.4 Å². The number of carbonyl (C=O) groups excluding carboxylic acids is 1. The minimum Gasteiger partial charge on any atom is -0.345 e. The van der Waals surface area contributed by atoms with Crippen molar-refractivity contribution in [1.29, 1.82) is 0 Å². The first-order valence-electron chi connectivity index (χ1n) is 9.51. The van der Waals surface area contributed by atoms with Crippen LogP contribution >= 0.6 is 0 Å². The monoisotopic (exact) mass is 428 g/mol. The molecule has 9 heteroatoms. The summed E-state index contributed by atoms with van der Waals surface area (Å²) in [6.45, 7) is 3.67. The molecule has 30 heavy (non-hydrogen) atoms. The number of aryl methyl sites for hydroxylation is 1. The molecule has 8 nitrogen and oxygen atoms in total. The standard InChI is InChI=1S/C21H24N4O4S/c1-4-18(25(30(3,27)28)17-12-10-15(2)11-13-17)21(26)22-14-19-23-20(24-29-19)16-8-6-5-7-9-16/h5-13,18H,4,14H2,1-3H3,(H,22,26). The molecule has 1 N–H and O–H groups in total. The molecule has 0 aliphatic carbocycles. The van der Waals surface area contributed by atoms with Crippen molar-refractivity contribution >= 4 is 21.6 Å². The lowest BCUT2D eigenvalue weighted by Crippen LogP contribution is -2.49. The van der Waals surface area contributed by atoms with E-state index in [9.17, 15) is 13.2 Å². The molecule has 2 aromatic carbocycles. The number of sulfonamides is 1. The highest BCUT2D eigenvalue weighted by Crippen LogP contribution is 2.23. The second-order valence-electron chi connectivity index (χ2n) is 6.91. The normalized spacial score (nSPS) is 12.4. The largest absolute Gasteiger partial charge is 0.345 e. The molecule has 0 bridgehead atoms. The fraction of sp³-hybridized carbons (Fsp3) is 0.286. The number of hydrogen-bond donors (Lipinski definition) is 1. The molecular weight excluding hydrogens is 404 g/mol. The van der Waals surface area contributed by atoms with Gasteiger partial charge >= 0.3 is 0 Å². The molecule has 1 aromatic heterocycles. The van der Waals surface area contributed by atoms with Crippen molar-refractivity contribution in [2.45, 2.75) is 32.9 Å². The molecule has 0 saturated heterocycles. The lowest BCUT2D eigenvalue weighted by Gasteiger charge is -2.30. The van der Waals surface area contributed by atoms with Gasteiger partial charge in [-0.2, -0.15) is 4.98 Å². The van der Waals surface area contributed by atoms with Crippen molar-refractivity contribution in [3.63, 3.8) is 0 Å². The molecule has 0 saturated carbocycles. The Kier molecular flexibility index (Phi) is 6.51. The van der Waals surface area contributed by atoms with E-state index in [-0.39, 0.29) is 12.4 Å². The number of hydrogen-bond acceptors (Lipinski definition) is 6. The van der Waals surface area contributed by atoms with Gasteiger partial charge in [0.15, 0.2) is 0 Å². The Labute approximate surface area is 176 Å². The van der Waals surface area contributed by atoms with E-state index in [1.165, 1.54) is 0 Å². The van der Waals surface area contributed by atoms with Crippen LogP contribution in [0.3, 0.4) is 0 Å². The van der Waals surface area contributed by atoms with Gasteiger partial charge in [0.05, 0.1) is 18.5 Å². The molecule has 3 aromatic rings. The van der Waals surface area contributed by atoms with Crippen LogP contribution in [-0.4, -0.2) is 36.8 Å². The highest BCUT2D eigenvalue weighted by Gasteiger charge is 2.31. The van der Waals surface area contributed by atoms with Gasteiger partial charge < -0.3 is 9.84 Å². The van der Waals surface area contributed by atoms with Crippen molar-refractivity contribution in [2.24, 2.45) is 0 Å². The second-order valence-corrected chi connectivity index (χ2v) is 8.77. The number of nitrogens with one attached hydrogen (secondary N) is 1. The van der Waals surface area contributed by atoms with Gasteiger partial charge in [-0.1, -0.05) is 60.1 Å². The molecule has 0 fully saturated rings. The number of anilines is 1. The minimum atomic E-state index is -3.68. The maximum atomic E-state index is 12.8. The summed E-state index contributed by atoms with van der Waals surface area (Å²) >= 11 is 0. The summed E-state index contributed by atoms with van der Waals surface area (Å²) in [7, 11) is -3.68. The Morgan fingerprint density at radius 3 is 2.40 bits per heavy atom. The summed E-state index contributed by atoms with van der Waals surface area (Å²) in [5, 5.41) is 6.62. The Morgan fingerprint density at radius 1 is 1.13 bits per heavy atom. The van der Waals surface area contributed by atoms with Gasteiger partial charge in [-0.3, -0.25) is 9.10 Å². The molecule has 1 atom stereocenters. The summed E-state index contributed by atoms with van der Waals surface area (Å²) in [4.78, 5) is 17.1. The molecule has 1 amide bonds. The van der Waals surface area contributed by atoms with Crippen LogP contribution in [0.15, 0.2) is 59.1 Å². The molecule has 0 spiro atoms. The number of aromatic nitrogens is 2. The molecule has 0 radical (unpaired) electrons. The van der Waals surface area contributed by atoms with Gasteiger partial charge in [-0.05, 0) is 25.5 Å². The predicted molar refractivity (Wildman–Crippen MR) is 114 cm³/mol. The summed E-state index contributed by atoms with van der Waals surface area (Å²) in [6, 6.07) is 15.4. The summed E-state index contributed by atoms with van der Waals surface area (Å²) in [6.07, 6.45) is 1.39. The quantitative estimate of drug-likeness (QED) is 0.591. The van der Waals surface area contributed by atoms with Crippen LogP contribution in [0.1, 0.15) is 24.8 Å². The molecule has 1 unspecified atom stereocenters. The number of carbonyl (C=O) groups is 1. The van der Waals surface area contributed by atoms with Crippen LogP contribution < -0.4 is 9.62 Å². The Hall–Kier alpha value is -3.20. The van der Waals surface area contributed by atoms with Crippen LogP contribution in [0.4, 0.5) is 5.69 Å². The van der Waals surface area contributed by atoms with E-state index < -0.39 is 22.0 Å². The number of nitrogens with zero attached hydrogens (tertiary/aromatic N) is 3. The third-order valence-electron chi connectivity index (χ3n) is 4.53. The molecule has 0 aliphatic heterocycles. The summed E-state index contributed by atoms with van der Waals surface area (Å²) in [5.74, 6) is 0.213. The first kappa shape index (κ1) is 21.5. The highest BCUT2D eigenvalue weighted by molar-refractivity contribution is 7.92. The maximum Gasteiger partial charge on any atom is 0.246 e. The average molecular weight is 429 g/mol. The summed E-state index contributed by atoms with van der Waals surface area (Å²) in [5.41, 5.74) is 2.23. The maximum absolute atomic E-state index is 12.8. The fourth-order valence-corrected chi connectivity index (χ4v) is 4.28. The van der Waals surface area contributed by atoms with E-state index in [0.29, 0.717) is 17.9 Å². The minimum absolute atomic E-state index is 0.000661. The number of rotatable bonds is 8. The van der Waals surface area contributed by atoms with Crippen molar-refractivity contribution < 1.29 is 17.7 Å². The topological polar surface area (TPSA) is 105 Å². The third-order valence-corrected chi connectivity index (χ3v) is 5.71. The lowest BCUT2D eigenvalue weighted by molar-refractivity contribution is -0.122. The van der Waals surface area contributed by atoms with Gasteiger partial charge in [-0.25, -0.2) is 8.42 Å². The SMILES string of the molecule is CCC(C(=O)NCc1nc(-c2ccccc2)no1)N(c1ccc(C)cc1)S(C)(=O)=O. The highest BCUT2D eigenvalue weighted by atomic mass is 32.2. The van der Waals surface area contributed by atoms with Crippen molar-refractivity contribution in [2.75, 3.05) is 10.6 Å². The third kappa shape index (κ3) is 5.04. The van der Waals surface area contributed by atoms with E-state index in [4.69, 9.17) is 4.52 Å². The summed E-state index contributed by atoms with van der Waals surface area (Å²) < 4.78 is 31.3. The molecule has 0 aliphatic rings. The van der Waals surface area contributed by atoms with Gasteiger partial charge in [0.1, 0.15) is 6.04 Å². The molecule has 158 valence electrons. The van der Waals surface area contributed by atoms with Crippen LogP contribution in [0.25, 0.3) is 11.4 Å². The Balaban J connectivity index is 1.75. The first-order valence-corrected chi connectivity index (χ1v) is 11.4. The predicted octanol–water partition coefficient (Wildman–Crippen LogP) is 2.91. The van der Waals surface area contributed by atoms with E-state index in [1.54, 1.807) is 19.1 Å².